The number of aromatic nitrogens is 3. The maximum atomic E-state index is 4.70. The van der Waals surface area contributed by atoms with Crippen molar-refractivity contribution in [1.82, 2.24) is 14.8 Å². The molecular weight excluding hydrogens is 361 g/mol. The van der Waals surface area contributed by atoms with Crippen molar-refractivity contribution in [2.45, 2.75) is 39.2 Å². The second-order valence-electron chi connectivity index (χ2n) is 5.98. The summed E-state index contributed by atoms with van der Waals surface area (Å²) in [6.07, 6.45) is 5.64. The Morgan fingerprint density at radius 2 is 1.85 bits per heavy atom. The van der Waals surface area contributed by atoms with Crippen LogP contribution in [0.15, 0.2) is 30.6 Å². The Kier molecular flexibility index (Phi) is 4.10. The van der Waals surface area contributed by atoms with Gasteiger partial charge in [0, 0.05) is 9.13 Å². The van der Waals surface area contributed by atoms with E-state index in [0.717, 1.165) is 23.2 Å². The number of halogens is 1. The van der Waals surface area contributed by atoms with Crippen LogP contribution in [0.2, 0.25) is 0 Å². The largest absolute Gasteiger partial charge is 0.249 e. The standard InChI is InChI=1S/C16H20IN3/c1-11-3-8-15(9-12(11)2)20-10-18-16(19-20)13-4-6-14(17)7-5-13/h4-7,10-12,15H,3,8-9H2,1-2H3. The number of rotatable bonds is 2. The van der Waals surface area contributed by atoms with Crippen molar-refractivity contribution in [3.63, 3.8) is 0 Å². The molecule has 3 unspecified atom stereocenters. The Bertz CT molecular complexity index is 576. The van der Waals surface area contributed by atoms with E-state index in [1.54, 1.807) is 0 Å². The highest BCUT2D eigenvalue weighted by Gasteiger charge is 2.26. The van der Waals surface area contributed by atoms with Gasteiger partial charge in [-0.25, -0.2) is 9.67 Å². The smallest absolute Gasteiger partial charge is 0.181 e. The summed E-state index contributed by atoms with van der Waals surface area (Å²) in [7, 11) is 0. The van der Waals surface area contributed by atoms with Crippen LogP contribution in [0, 0.1) is 15.4 Å². The third kappa shape index (κ3) is 2.90. The van der Waals surface area contributed by atoms with Crippen molar-refractivity contribution in [2.24, 2.45) is 11.8 Å². The second kappa shape index (κ2) is 5.84. The summed E-state index contributed by atoms with van der Waals surface area (Å²) in [6.45, 7) is 4.72. The average Bonchev–Trinajstić information content (AvgIpc) is 2.92. The van der Waals surface area contributed by atoms with E-state index in [0.29, 0.717) is 6.04 Å². The lowest BCUT2D eigenvalue weighted by Gasteiger charge is -2.31. The zero-order valence-corrected chi connectivity index (χ0v) is 14.1. The molecule has 3 atom stereocenters. The topological polar surface area (TPSA) is 30.7 Å². The summed E-state index contributed by atoms with van der Waals surface area (Å²) in [5.41, 5.74) is 1.10. The minimum Gasteiger partial charge on any atom is -0.249 e. The highest BCUT2D eigenvalue weighted by molar-refractivity contribution is 14.1. The van der Waals surface area contributed by atoms with Crippen molar-refractivity contribution in [3.8, 4) is 11.4 Å². The molecule has 1 heterocycles. The van der Waals surface area contributed by atoms with Crippen LogP contribution < -0.4 is 0 Å². The zero-order chi connectivity index (χ0) is 14.1. The van der Waals surface area contributed by atoms with Gasteiger partial charge in [0.25, 0.3) is 0 Å². The first-order valence-electron chi connectivity index (χ1n) is 7.30. The molecule has 1 aliphatic carbocycles. The summed E-state index contributed by atoms with van der Waals surface area (Å²) in [4.78, 5) is 4.48. The first kappa shape index (κ1) is 14.0. The molecule has 0 amide bonds. The predicted molar refractivity (Wildman–Crippen MR) is 89.4 cm³/mol. The van der Waals surface area contributed by atoms with E-state index >= 15 is 0 Å². The number of hydrogen-bond acceptors (Lipinski definition) is 2. The highest BCUT2D eigenvalue weighted by atomic mass is 127. The molecule has 0 radical (unpaired) electrons. The monoisotopic (exact) mass is 381 g/mol. The molecule has 20 heavy (non-hydrogen) atoms. The molecule has 1 fully saturated rings. The SMILES string of the molecule is CC1CCC(n2cnc(-c3ccc(I)cc3)n2)CC1C. The molecule has 0 saturated heterocycles. The minimum absolute atomic E-state index is 0.520. The van der Waals surface area contributed by atoms with Crippen molar-refractivity contribution in [1.29, 1.82) is 0 Å². The fourth-order valence-corrected chi connectivity index (χ4v) is 3.30. The van der Waals surface area contributed by atoms with Gasteiger partial charge in [0.2, 0.25) is 0 Å². The molecule has 2 aromatic rings. The summed E-state index contributed by atoms with van der Waals surface area (Å²) >= 11 is 2.31. The van der Waals surface area contributed by atoms with Gasteiger partial charge in [-0.15, -0.1) is 0 Å². The molecule has 1 saturated carbocycles. The van der Waals surface area contributed by atoms with Crippen molar-refractivity contribution >= 4 is 22.6 Å². The molecular formula is C16H20IN3. The maximum absolute atomic E-state index is 4.70. The van der Waals surface area contributed by atoms with E-state index in [4.69, 9.17) is 5.10 Å². The molecule has 1 aromatic carbocycles. The molecule has 0 spiro atoms. The van der Waals surface area contributed by atoms with Gasteiger partial charge in [-0.3, -0.25) is 0 Å². The third-order valence-corrected chi connectivity index (χ3v) is 5.27. The number of benzene rings is 1. The zero-order valence-electron chi connectivity index (χ0n) is 12.0. The van der Waals surface area contributed by atoms with E-state index in [1.807, 2.05) is 6.33 Å². The minimum atomic E-state index is 0.520. The average molecular weight is 381 g/mol. The van der Waals surface area contributed by atoms with Gasteiger partial charge in [0.15, 0.2) is 5.82 Å². The Labute approximate surface area is 133 Å². The Balaban J connectivity index is 1.78. The lowest BCUT2D eigenvalue weighted by atomic mass is 9.79. The molecule has 4 heteroatoms. The van der Waals surface area contributed by atoms with E-state index in [-0.39, 0.29) is 0 Å². The molecule has 1 aromatic heterocycles. The quantitative estimate of drug-likeness (QED) is 0.715. The molecule has 0 bridgehead atoms. The van der Waals surface area contributed by atoms with Crippen LogP contribution in [0.3, 0.4) is 0 Å². The highest BCUT2D eigenvalue weighted by Crippen LogP contribution is 2.35. The summed E-state index contributed by atoms with van der Waals surface area (Å²) in [5, 5.41) is 4.70. The van der Waals surface area contributed by atoms with Gasteiger partial charge in [-0.05, 0) is 65.8 Å². The van der Waals surface area contributed by atoms with E-state index in [1.165, 1.54) is 22.8 Å². The van der Waals surface area contributed by atoms with Gasteiger partial charge in [0.1, 0.15) is 6.33 Å². The van der Waals surface area contributed by atoms with Gasteiger partial charge >= 0.3 is 0 Å². The molecule has 106 valence electrons. The molecule has 0 aliphatic heterocycles. The maximum Gasteiger partial charge on any atom is 0.181 e. The van der Waals surface area contributed by atoms with Crippen LogP contribution >= 0.6 is 22.6 Å². The number of hydrogen-bond donors (Lipinski definition) is 0. The molecule has 1 aliphatic rings. The van der Waals surface area contributed by atoms with Crippen LogP contribution in [0.25, 0.3) is 11.4 Å². The normalized spacial score (nSPS) is 26.6. The van der Waals surface area contributed by atoms with Crippen molar-refractivity contribution < 1.29 is 0 Å². The Morgan fingerprint density at radius 1 is 1.10 bits per heavy atom. The first-order chi connectivity index (χ1) is 9.63. The number of nitrogens with zero attached hydrogens (tertiary/aromatic N) is 3. The first-order valence-corrected chi connectivity index (χ1v) is 8.38. The fraction of sp³-hybridized carbons (Fsp3) is 0.500. The second-order valence-corrected chi connectivity index (χ2v) is 7.22. The lowest BCUT2D eigenvalue weighted by Crippen LogP contribution is -2.23. The van der Waals surface area contributed by atoms with E-state index in [9.17, 15) is 0 Å². The van der Waals surface area contributed by atoms with Gasteiger partial charge < -0.3 is 0 Å². The van der Waals surface area contributed by atoms with Crippen LogP contribution in [-0.4, -0.2) is 14.8 Å². The fourth-order valence-electron chi connectivity index (χ4n) is 2.94. The third-order valence-electron chi connectivity index (χ3n) is 4.56. The van der Waals surface area contributed by atoms with Crippen LogP contribution in [0.5, 0.6) is 0 Å². The van der Waals surface area contributed by atoms with E-state index < -0.39 is 0 Å². The van der Waals surface area contributed by atoms with Gasteiger partial charge in [-0.1, -0.05) is 26.0 Å². The van der Waals surface area contributed by atoms with Gasteiger partial charge in [-0.2, -0.15) is 5.10 Å². The van der Waals surface area contributed by atoms with Gasteiger partial charge in [0.05, 0.1) is 6.04 Å². The van der Waals surface area contributed by atoms with Crippen LogP contribution in [-0.2, 0) is 0 Å². The molecule has 3 nitrogen and oxygen atoms in total. The Hall–Kier alpha value is -0.910. The van der Waals surface area contributed by atoms with Crippen molar-refractivity contribution in [2.75, 3.05) is 0 Å². The summed E-state index contributed by atoms with van der Waals surface area (Å²) < 4.78 is 3.32. The van der Waals surface area contributed by atoms with Crippen molar-refractivity contribution in [3.05, 3.63) is 34.2 Å². The van der Waals surface area contributed by atoms with Crippen LogP contribution in [0.4, 0.5) is 0 Å². The molecule has 0 N–H and O–H groups in total. The summed E-state index contributed by atoms with van der Waals surface area (Å²) in [6, 6.07) is 8.90. The molecule has 3 rings (SSSR count). The predicted octanol–water partition coefficient (Wildman–Crippen LogP) is 4.55. The lowest BCUT2D eigenvalue weighted by molar-refractivity contribution is 0.201. The van der Waals surface area contributed by atoms with Crippen LogP contribution in [0.1, 0.15) is 39.2 Å². The van der Waals surface area contributed by atoms with E-state index in [2.05, 4.69) is 70.4 Å². The Morgan fingerprint density at radius 3 is 2.55 bits per heavy atom. The summed E-state index contributed by atoms with van der Waals surface area (Å²) in [5.74, 6) is 2.46.